The first-order valence-corrected chi connectivity index (χ1v) is 7.76. The molecule has 0 atom stereocenters. The Morgan fingerprint density at radius 1 is 1.32 bits per heavy atom. The second-order valence-electron chi connectivity index (χ2n) is 6.01. The molecular formula is C18H21N3O. The highest BCUT2D eigenvalue weighted by Gasteiger charge is 2.11. The van der Waals surface area contributed by atoms with Crippen molar-refractivity contribution in [2.75, 3.05) is 5.32 Å². The Balaban J connectivity index is 1.67. The lowest BCUT2D eigenvalue weighted by molar-refractivity contribution is -0.121. The monoisotopic (exact) mass is 295 g/mol. The highest BCUT2D eigenvalue weighted by atomic mass is 16.1. The summed E-state index contributed by atoms with van der Waals surface area (Å²) in [7, 11) is 0. The van der Waals surface area contributed by atoms with Gasteiger partial charge in [0, 0.05) is 23.7 Å². The second kappa shape index (κ2) is 6.18. The van der Waals surface area contributed by atoms with Crippen LogP contribution >= 0.6 is 0 Å². The minimum atomic E-state index is 0.0836. The van der Waals surface area contributed by atoms with Crippen molar-refractivity contribution < 1.29 is 4.79 Å². The highest BCUT2D eigenvalue weighted by molar-refractivity contribution is 5.82. The van der Waals surface area contributed by atoms with Crippen LogP contribution < -0.4 is 5.32 Å². The number of fused-ring (bicyclic) bond motifs is 1. The predicted molar refractivity (Wildman–Crippen MR) is 89.2 cm³/mol. The fourth-order valence-corrected chi connectivity index (χ4v) is 2.48. The Bertz CT molecular complexity index is 696. The van der Waals surface area contributed by atoms with Crippen molar-refractivity contribution in [3.8, 4) is 0 Å². The van der Waals surface area contributed by atoms with Crippen LogP contribution in [0, 0.1) is 5.92 Å². The fourth-order valence-electron chi connectivity index (χ4n) is 2.48. The van der Waals surface area contributed by atoms with E-state index in [9.17, 15) is 4.79 Å². The molecule has 0 aliphatic heterocycles. The lowest BCUT2D eigenvalue weighted by Crippen LogP contribution is -2.10. The average molecular weight is 295 g/mol. The molecule has 1 aromatic carbocycles. The van der Waals surface area contributed by atoms with Gasteiger partial charge in [0.05, 0.1) is 5.69 Å². The molecule has 0 unspecified atom stereocenters. The molecule has 1 aliphatic rings. The molecular weight excluding hydrogens is 274 g/mol. The van der Waals surface area contributed by atoms with E-state index in [2.05, 4.69) is 27.4 Å². The molecule has 0 amide bonds. The van der Waals surface area contributed by atoms with Crippen molar-refractivity contribution >= 4 is 23.5 Å². The molecule has 22 heavy (non-hydrogen) atoms. The summed E-state index contributed by atoms with van der Waals surface area (Å²) in [5, 5.41) is 3.28. The molecule has 3 rings (SSSR count). The maximum Gasteiger partial charge on any atom is 0.205 e. The van der Waals surface area contributed by atoms with Gasteiger partial charge in [-0.1, -0.05) is 32.1 Å². The molecule has 0 saturated carbocycles. The number of carbonyl (C=O) groups is 1. The van der Waals surface area contributed by atoms with Crippen molar-refractivity contribution in [1.82, 2.24) is 9.97 Å². The maximum atomic E-state index is 11.8. The van der Waals surface area contributed by atoms with Crippen molar-refractivity contribution in [2.45, 2.75) is 33.1 Å². The Hall–Kier alpha value is -2.36. The topological polar surface area (TPSA) is 57.8 Å². The van der Waals surface area contributed by atoms with Crippen LogP contribution in [-0.4, -0.2) is 15.8 Å². The number of hydrogen-bond acceptors (Lipinski definition) is 3. The molecule has 4 nitrogen and oxygen atoms in total. The number of anilines is 2. The number of nitrogens with one attached hydrogen (secondary N) is 2. The molecule has 1 aliphatic carbocycles. The van der Waals surface area contributed by atoms with E-state index in [1.165, 1.54) is 5.69 Å². The van der Waals surface area contributed by atoms with Crippen LogP contribution in [-0.2, 0) is 17.6 Å². The van der Waals surface area contributed by atoms with Crippen LogP contribution in [0.15, 0.2) is 30.3 Å². The molecule has 114 valence electrons. The normalized spacial score (nSPS) is 13.2. The Kier molecular flexibility index (Phi) is 4.09. The number of H-pyrrole nitrogens is 1. The minimum Gasteiger partial charge on any atom is -0.327 e. The van der Waals surface area contributed by atoms with Gasteiger partial charge >= 0.3 is 0 Å². The summed E-state index contributed by atoms with van der Waals surface area (Å²) in [4.78, 5) is 19.6. The summed E-state index contributed by atoms with van der Waals surface area (Å²) < 4.78 is 0. The third-order valence-corrected chi connectivity index (χ3v) is 3.89. The van der Waals surface area contributed by atoms with Gasteiger partial charge in [0.25, 0.3) is 0 Å². The van der Waals surface area contributed by atoms with E-state index in [0.717, 1.165) is 35.7 Å². The third kappa shape index (κ3) is 3.27. The van der Waals surface area contributed by atoms with Gasteiger partial charge in [0.15, 0.2) is 0 Å². The zero-order valence-corrected chi connectivity index (χ0v) is 13.0. The number of nitrogens with zero attached hydrogens (tertiary/aromatic N) is 1. The van der Waals surface area contributed by atoms with Crippen molar-refractivity contribution in [1.29, 1.82) is 0 Å². The van der Waals surface area contributed by atoms with E-state index in [4.69, 9.17) is 0 Å². The van der Waals surface area contributed by atoms with Crippen LogP contribution in [0.4, 0.5) is 11.6 Å². The number of aromatic amines is 1. The zero-order chi connectivity index (χ0) is 15.5. The smallest absolute Gasteiger partial charge is 0.205 e. The number of rotatable bonds is 5. The number of aromatic nitrogens is 2. The number of allylic oxidation sites excluding steroid dienone is 1. The SMILES string of the molecule is CC(C)C(=O)Cc1ccc(Nc2nc3c([nH]2)CCC=C3)cc1. The van der Waals surface area contributed by atoms with Gasteiger partial charge < -0.3 is 10.3 Å². The first-order chi connectivity index (χ1) is 10.6. The van der Waals surface area contributed by atoms with E-state index >= 15 is 0 Å². The van der Waals surface area contributed by atoms with E-state index in [-0.39, 0.29) is 11.7 Å². The van der Waals surface area contributed by atoms with Gasteiger partial charge in [-0.05, 0) is 36.6 Å². The molecule has 0 fully saturated rings. The summed E-state index contributed by atoms with van der Waals surface area (Å²) in [5.74, 6) is 1.12. The summed E-state index contributed by atoms with van der Waals surface area (Å²) >= 11 is 0. The Labute approximate surface area is 130 Å². The summed E-state index contributed by atoms with van der Waals surface area (Å²) in [5.41, 5.74) is 4.22. The molecule has 2 N–H and O–H groups in total. The van der Waals surface area contributed by atoms with Gasteiger partial charge in [-0.15, -0.1) is 0 Å². The molecule has 1 heterocycles. The fraction of sp³-hybridized carbons (Fsp3) is 0.333. The number of carbonyl (C=O) groups excluding carboxylic acids is 1. The molecule has 1 aromatic heterocycles. The quantitative estimate of drug-likeness (QED) is 0.880. The molecule has 0 spiro atoms. The molecule has 0 bridgehead atoms. The van der Waals surface area contributed by atoms with Crippen LogP contribution in [0.3, 0.4) is 0 Å². The number of imidazole rings is 1. The van der Waals surface area contributed by atoms with Crippen molar-refractivity contribution in [2.24, 2.45) is 5.92 Å². The van der Waals surface area contributed by atoms with E-state index in [0.29, 0.717) is 6.42 Å². The Morgan fingerprint density at radius 3 is 2.77 bits per heavy atom. The number of benzene rings is 1. The van der Waals surface area contributed by atoms with Gasteiger partial charge in [-0.25, -0.2) is 4.98 Å². The van der Waals surface area contributed by atoms with Crippen molar-refractivity contribution in [3.05, 3.63) is 47.3 Å². The summed E-state index contributed by atoms with van der Waals surface area (Å²) in [6, 6.07) is 7.96. The van der Waals surface area contributed by atoms with Crippen molar-refractivity contribution in [3.63, 3.8) is 0 Å². The van der Waals surface area contributed by atoms with E-state index in [1.807, 2.05) is 38.1 Å². The third-order valence-electron chi connectivity index (χ3n) is 3.89. The lowest BCUT2D eigenvalue weighted by Gasteiger charge is -2.06. The van der Waals surface area contributed by atoms with Gasteiger partial charge in [-0.3, -0.25) is 4.79 Å². The minimum absolute atomic E-state index is 0.0836. The first-order valence-electron chi connectivity index (χ1n) is 7.76. The van der Waals surface area contributed by atoms with Crippen LogP contribution in [0.5, 0.6) is 0 Å². The number of Topliss-reactive ketones (excluding diaryl/α,β-unsaturated/α-hetero) is 1. The van der Waals surface area contributed by atoms with Crippen LogP contribution in [0.2, 0.25) is 0 Å². The molecule has 2 aromatic rings. The van der Waals surface area contributed by atoms with E-state index < -0.39 is 0 Å². The zero-order valence-electron chi connectivity index (χ0n) is 13.0. The average Bonchev–Trinajstić information content (AvgIpc) is 2.91. The largest absolute Gasteiger partial charge is 0.327 e. The second-order valence-corrected chi connectivity index (χ2v) is 6.01. The maximum absolute atomic E-state index is 11.8. The lowest BCUT2D eigenvalue weighted by atomic mass is 10.0. The van der Waals surface area contributed by atoms with Crippen LogP contribution in [0.1, 0.15) is 37.2 Å². The molecule has 0 saturated heterocycles. The predicted octanol–water partition coefficient (Wildman–Crippen LogP) is 3.88. The number of ketones is 1. The number of aryl methyl sites for hydroxylation is 1. The standard InChI is InChI=1S/C18H21N3O/c1-12(2)17(22)11-13-7-9-14(10-8-13)19-18-20-15-5-3-4-6-16(15)21-18/h3,5,7-10,12H,4,6,11H2,1-2H3,(H2,19,20,21). The van der Waals surface area contributed by atoms with Gasteiger partial charge in [0.1, 0.15) is 5.78 Å². The first kappa shape index (κ1) is 14.6. The van der Waals surface area contributed by atoms with Gasteiger partial charge in [-0.2, -0.15) is 0 Å². The highest BCUT2D eigenvalue weighted by Crippen LogP contribution is 2.21. The Morgan fingerprint density at radius 2 is 2.09 bits per heavy atom. The summed E-state index contributed by atoms with van der Waals surface area (Å²) in [6.07, 6.45) is 6.77. The molecule has 4 heteroatoms. The van der Waals surface area contributed by atoms with Gasteiger partial charge in [0.2, 0.25) is 5.95 Å². The van der Waals surface area contributed by atoms with E-state index in [1.54, 1.807) is 0 Å². The summed E-state index contributed by atoms with van der Waals surface area (Å²) in [6.45, 7) is 3.87. The van der Waals surface area contributed by atoms with Crippen LogP contribution in [0.25, 0.3) is 6.08 Å². The number of hydrogen-bond donors (Lipinski definition) is 2. The molecule has 0 radical (unpaired) electrons.